The third kappa shape index (κ3) is 3.53. The monoisotopic (exact) mass is 290 g/mol. The first-order chi connectivity index (χ1) is 9.96. The van der Waals surface area contributed by atoms with Crippen LogP contribution >= 0.6 is 0 Å². The van der Waals surface area contributed by atoms with Gasteiger partial charge in [0.15, 0.2) is 0 Å². The third-order valence-corrected chi connectivity index (χ3v) is 4.23. The van der Waals surface area contributed by atoms with Crippen LogP contribution in [0.1, 0.15) is 37.8 Å². The molecule has 0 bridgehead atoms. The van der Waals surface area contributed by atoms with Crippen molar-refractivity contribution in [1.82, 2.24) is 10.3 Å². The maximum absolute atomic E-state index is 11.6. The Kier molecular flexibility index (Phi) is 4.83. The lowest BCUT2D eigenvalue weighted by Crippen LogP contribution is -2.37. The molecule has 5 nitrogen and oxygen atoms in total. The number of nitrogens with one attached hydrogen (secondary N) is 1. The van der Waals surface area contributed by atoms with Crippen molar-refractivity contribution < 1.29 is 4.79 Å². The number of hydrogen-bond acceptors (Lipinski definition) is 4. The van der Waals surface area contributed by atoms with Crippen LogP contribution in [-0.2, 0) is 11.3 Å². The molecule has 116 valence electrons. The molecule has 1 aliphatic rings. The van der Waals surface area contributed by atoms with Gasteiger partial charge in [-0.2, -0.15) is 0 Å². The predicted molar refractivity (Wildman–Crippen MR) is 85.1 cm³/mol. The molecule has 2 rings (SSSR count). The molecular weight excluding hydrogens is 264 g/mol. The Hall–Kier alpha value is -1.62. The molecule has 0 radical (unpaired) electrons. The number of pyridine rings is 1. The van der Waals surface area contributed by atoms with E-state index in [9.17, 15) is 4.79 Å². The van der Waals surface area contributed by atoms with Gasteiger partial charge >= 0.3 is 0 Å². The minimum absolute atomic E-state index is 0.219. The van der Waals surface area contributed by atoms with Gasteiger partial charge in [0.2, 0.25) is 5.91 Å². The molecule has 0 aliphatic carbocycles. The van der Waals surface area contributed by atoms with Gasteiger partial charge in [-0.3, -0.25) is 4.79 Å². The number of aromatic nitrogens is 1. The Labute approximate surface area is 126 Å². The number of primary amides is 1. The molecule has 2 heterocycles. The summed E-state index contributed by atoms with van der Waals surface area (Å²) in [6.07, 6.45) is 3.85. The smallest absolute Gasteiger partial charge is 0.225 e. The maximum atomic E-state index is 11.6. The second-order valence-corrected chi connectivity index (χ2v) is 6.26. The molecule has 1 unspecified atom stereocenters. The van der Waals surface area contributed by atoms with Gasteiger partial charge in [0.1, 0.15) is 5.82 Å². The van der Waals surface area contributed by atoms with Gasteiger partial charge in [0.05, 0.1) is 5.41 Å². The Balaban J connectivity index is 2.06. The van der Waals surface area contributed by atoms with Gasteiger partial charge in [-0.05, 0) is 50.4 Å². The van der Waals surface area contributed by atoms with Crippen molar-refractivity contribution in [3.63, 3.8) is 0 Å². The second-order valence-electron chi connectivity index (χ2n) is 6.26. The standard InChI is InChI=1S/C16H26N4O/c1-4-6-18-9-13-8-12(2)14(19-10-13)20-7-5-16(3,11-20)15(17)21/h8,10,18H,4-7,9,11H2,1-3H3,(H2,17,21). The van der Waals surface area contributed by atoms with E-state index in [-0.39, 0.29) is 5.91 Å². The Morgan fingerprint density at radius 3 is 2.90 bits per heavy atom. The van der Waals surface area contributed by atoms with E-state index in [0.717, 1.165) is 43.9 Å². The Morgan fingerprint density at radius 2 is 2.33 bits per heavy atom. The first kappa shape index (κ1) is 15.8. The average Bonchev–Trinajstić information content (AvgIpc) is 2.83. The molecule has 1 aromatic heterocycles. The quantitative estimate of drug-likeness (QED) is 0.781. The first-order valence-corrected chi connectivity index (χ1v) is 7.67. The summed E-state index contributed by atoms with van der Waals surface area (Å²) in [5, 5.41) is 3.38. The number of amides is 1. The Morgan fingerprint density at radius 1 is 1.57 bits per heavy atom. The molecule has 1 aliphatic heterocycles. The summed E-state index contributed by atoms with van der Waals surface area (Å²) >= 11 is 0. The number of rotatable bonds is 6. The molecular formula is C16H26N4O. The highest BCUT2D eigenvalue weighted by molar-refractivity contribution is 5.82. The first-order valence-electron chi connectivity index (χ1n) is 7.67. The van der Waals surface area contributed by atoms with E-state index >= 15 is 0 Å². The van der Waals surface area contributed by atoms with Crippen molar-refractivity contribution in [2.75, 3.05) is 24.5 Å². The largest absolute Gasteiger partial charge is 0.369 e. The summed E-state index contributed by atoms with van der Waals surface area (Å²) in [6.45, 7) is 9.52. The Bertz CT molecular complexity index is 517. The topological polar surface area (TPSA) is 71.2 Å². The van der Waals surface area contributed by atoms with Crippen LogP contribution in [0.5, 0.6) is 0 Å². The summed E-state index contributed by atoms with van der Waals surface area (Å²) in [6, 6.07) is 2.17. The van der Waals surface area contributed by atoms with Gasteiger partial charge in [-0.15, -0.1) is 0 Å². The van der Waals surface area contributed by atoms with Crippen LogP contribution in [0.3, 0.4) is 0 Å². The highest BCUT2D eigenvalue weighted by Gasteiger charge is 2.39. The zero-order chi connectivity index (χ0) is 15.5. The fourth-order valence-corrected chi connectivity index (χ4v) is 2.81. The normalized spacial score (nSPS) is 21.8. The average molecular weight is 290 g/mol. The lowest BCUT2D eigenvalue weighted by Gasteiger charge is -2.23. The summed E-state index contributed by atoms with van der Waals surface area (Å²) < 4.78 is 0. The minimum atomic E-state index is -0.435. The van der Waals surface area contributed by atoms with Crippen molar-refractivity contribution in [2.24, 2.45) is 11.1 Å². The van der Waals surface area contributed by atoms with Crippen molar-refractivity contribution >= 4 is 11.7 Å². The molecule has 5 heteroatoms. The fraction of sp³-hybridized carbons (Fsp3) is 0.625. The van der Waals surface area contributed by atoms with Crippen molar-refractivity contribution in [2.45, 2.75) is 40.2 Å². The molecule has 1 amide bonds. The molecule has 1 atom stereocenters. The maximum Gasteiger partial charge on any atom is 0.225 e. The molecule has 1 fully saturated rings. The zero-order valence-corrected chi connectivity index (χ0v) is 13.3. The number of nitrogens with two attached hydrogens (primary N) is 1. The van der Waals surface area contributed by atoms with Crippen LogP contribution in [0.2, 0.25) is 0 Å². The van der Waals surface area contributed by atoms with E-state index in [4.69, 9.17) is 5.73 Å². The van der Waals surface area contributed by atoms with Crippen LogP contribution in [0.4, 0.5) is 5.82 Å². The highest BCUT2D eigenvalue weighted by atomic mass is 16.1. The molecule has 0 spiro atoms. The van der Waals surface area contributed by atoms with Crippen LogP contribution in [0.15, 0.2) is 12.3 Å². The van der Waals surface area contributed by atoms with Crippen LogP contribution in [0.25, 0.3) is 0 Å². The lowest BCUT2D eigenvalue weighted by atomic mass is 9.89. The van der Waals surface area contributed by atoms with E-state index in [1.807, 2.05) is 13.1 Å². The predicted octanol–water partition coefficient (Wildman–Crippen LogP) is 1.59. The van der Waals surface area contributed by atoms with Crippen molar-refractivity contribution in [3.05, 3.63) is 23.4 Å². The van der Waals surface area contributed by atoms with Gasteiger partial charge in [-0.1, -0.05) is 6.92 Å². The van der Waals surface area contributed by atoms with E-state index in [0.29, 0.717) is 6.54 Å². The van der Waals surface area contributed by atoms with Gasteiger partial charge < -0.3 is 16.0 Å². The molecule has 0 aromatic carbocycles. The number of carbonyl (C=O) groups is 1. The summed E-state index contributed by atoms with van der Waals surface area (Å²) in [7, 11) is 0. The van der Waals surface area contributed by atoms with Crippen LogP contribution in [-0.4, -0.2) is 30.5 Å². The number of hydrogen-bond donors (Lipinski definition) is 2. The highest BCUT2D eigenvalue weighted by Crippen LogP contribution is 2.33. The third-order valence-electron chi connectivity index (χ3n) is 4.23. The molecule has 21 heavy (non-hydrogen) atoms. The van der Waals surface area contributed by atoms with E-state index in [2.05, 4.69) is 35.1 Å². The fourth-order valence-electron chi connectivity index (χ4n) is 2.81. The van der Waals surface area contributed by atoms with Crippen LogP contribution < -0.4 is 16.0 Å². The molecule has 1 saturated heterocycles. The van der Waals surface area contributed by atoms with Gasteiger partial charge in [0.25, 0.3) is 0 Å². The minimum Gasteiger partial charge on any atom is -0.369 e. The number of nitrogens with zero attached hydrogens (tertiary/aromatic N) is 2. The summed E-state index contributed by atoms with van der Waals surface area (Å²) in [5.74, 6) is 0.752. The molecule has 0 saturated carbocycles. The van der Waals surface area contributed by atoms with E-state index in [1.54, 1.807) is 0 Å². The lowest BCUT2D eigenvalue weighted by molar-refractivity contribution is -0.125. The summed E-state index contributed by atoms with van der Waals surface area (Å²) in [4.78, 5) is 18.3. The van der Waals surface area contributed by atoms with Gasteiger partial charge in [-0.25, -0.2) is 4.98 Å². The zero-order valence-electron chi connectivity index (χ0n) is 13.3. The number of aryl methyl sites for hydroxylation is 1. The van der Waals surface area contributed by atoms with Crippen LogP contribution in [0, 0.1) is 12.3 Å². The van der Waals surface area contributed by atoms with Gasteiger partial charge in [0, 0.05) is 25.8 Å². The van der Waals surface area contributed by atoms with E-state index in [1.165, 1.54) is 5.56 Å². The van der Waals surface area contributed by atoms with Crippen molar-refractivity contribution in [3.8, 4) is 0 Å². The van der Waals surface area contributed by atoms with Crippen molar-refractivity contribution in [1.29, 1.82) is 0 Å². The SMILES string of the molecule is CCCNCc1cnc(N2CCC(C)(C(N)=O)C2)c(C)c1. The number of carbonyl (C=O) groups excluding carboxylic acids is 1. The molecule has 3 N–H and O–H groups in total. The summed E-state index contributed by atoms with van der Waals surface area (Å²) in [5.41, 5.74) is 7.42. The molecule has 1 aromatic rings. The van der Waals surface area contributed by atoms with E-state index < -0.39 is 5.41 Å². The second kappa shape index (κ2) is 6.43. The number of anilines is 1.